The topological polar surface area (TPSA) is 35.2 Å². The molecule has 0 aromatic heterocycles. The van der Waals surface area contributed by atoms with E-state index in [4.69, 9.17) is 10.5 Å². The summed E-state index contributed by atoms with van der Waals surface area (Å²) in [7, 11) is 0. The Morgan fingerprint density at radius 2 is 2.11 bits per heavy atom. The number of ether oxygens (including phenoxy) is 1. The molecule has 2 nitrogen and oxygen atoms in total. The van der Waals surface area contributed by atoms with Crippen LogP contribution in [0.2, 0.25) is 0 Å². The zero-order chi connectivity index (χ0) is 13.2. The first-order chi connectivity index (χ1) is 8.51. The summed E-state index contributed by atoms with van der Waals surface area (Å²) in [6.07, 6.45) is 4.39. The molecule has 0 amide bonds. The first kappa shape index (κ1) is 13.6. The molecule has 1 aliphatic rings. The predicted molar refractivity (Wildman–Crippen MR) is 75.8 cm³/mol. The maximum absolute atomic E-state index is 6.41. The molecular weight excluding hydrogens is 222 g/mol. The first-order valence-electron chi connectivity index (χ1n) is 6.97. The normalized spacial score (nSPS) is 26.0. The van der Waals surface area contributed by atoms with Gasteiger partial charge in [-0.2, -0.15) is 0 Å². The first-order valence-corrected chi connectivity index (χ1v) is 6.97. The second-order valence-electron chi connectivity index (χ2n) is 5.86. The molecule has 0 bridgehead atoms. The smallest absolute Gasteiger partial charge is 0.0807 e. The van der Waals surface area contributed by atoms with Crippen LogP contribution in [0, 0.1) is 13.8 Å². The van der Waals surface area contributed by atoms with E-state index >= 15 is 0 Å². The van der Waals surface area contributed by atoms with E-state index in [1.165, 1.54) is 29.5 Å². The van der Waals surface area contributed by atoms with Crippen molar-refractivity contribution in [3.8, 4) is 0 Å². The van der Waals surface area contributed by atoms with E-state index in [0.29, 0.717) is 0 Å². The molecule has 2 heteroatoms. The molecule has 1 saturated heterocycles. The minimum Gasteiger partial charge on any atom is -0.374 e. The summed E-state index contributed by atoms with van der Waals surface area (Å²) in [6.45, 7) is 7.32. The van der Waals surface area contributed by atoms with Gasteiger partial charge >= 0.3 is 0 Å². The Hall–Kier alpha value is -0.860. The van der Waals surface area contributed by atoms with Crippen LogP contribution in [0.3, 0.4) is 0 Å². The lowest BCUT2D eigenvalue weighted by Crippen LogP contribution is -2.50. The van der Waals surface area contributed by atoms with Gasteiger partial charge in [-0.05, 0) is 57.6 Å². The monoisotopic (exact) mass is 247 g/mol. The highest BCUT2D eigenvalue weighted by Crippen LogP contribution is 2.29. The Morgan fingerprint density at radius 3 is 2.78 bits per heavy atom. The van der Waals surface area contributed by atoms with Crippen LogP contribution in [0.4, 0.5) is 0 Å². The van der Waals surface area contributed by atoms with Crippen LogP contribution in [0.5, 0.6) is 0 Å². The van der Waals surface area contributed by atoms with Gasteiger partial charge in [-0.25, -0.2) is 0 Å². The lowest BCUT2D eigenvalue weighted by atomic mass is 9.84. The van der Waals surface area contributed by atoms with Crippen molar-refractivity contribution in [1.82, 2.24) is 0 Å². The summed E-state index contributed by atoms with van der Waals surface area (Å²) < 4.78 is 5.94. The van der Waals surface area contributed by atoms with E-state index in [1.54, 1.807) is 0 Å². The van der Waals surface area contributed by atoms with Crippen molar-refractivity contribution in [2.24, 2.45) is 5.73 Å². The molecule has 1 aromatic carbocycles. The van der Waals surface area contributed by atoms with E-state index in [0.717, 1.165) is 19.4 Å². The molecule has 2 rings (SSSR count). The molecule has 0 spiro atoms. The molecule has 1 aliphatic heterocycles. The van der Waals surface area contributed by atoms with Gasteiger partial charge in [0, 0.05) is 12.6 Å². The molecule has 2 N–H and O–H groups in total. The van der Waals surface area contributed by atoms with Gasteiger partial charge in [0.05, 0.1) is 5.60 Å². The third-order valence-corrected chi connectivity index (χ3v) is 4.23. The molecule has 100 valence electrons. The summed E-state index contributed by atoms with van der Waals surface area (Å²) in [5.74, 6) is 0. The van der Waals surface area contributed by atoms with Gasteiger partial charge in [-0.1, -0.05) is 23.8 Å². The van der Waals surface area contributed by atoms with E-state index < -0.39 is 0 Å². The number of hydrogen-bond acceptors (Lipinski definition) is 2. The lowest BCUT2D eigenvalue weighted by Gasteiger charge is -2.39. The molecule has 18 heavy (non-hydrogen) atoms. The van der Waals surface area contributed by atoms with Crippen molar-refractivity contribution in [1.29, 1.82) is 0 Å². The molecule has 0 saturated carbocycles. The molecule has 0 radical (unpaired) electrons. The van der Waals surface area contributed by atoms with Crippen LogP contribution in [0.15, 0.2) is 18.2 Å². The number of aryl methyl sites for hydroxylation is 2. The molecule has 1 fully saturated rings. The van der Waals surface area contributed by atoms with Gasteiger partial charge in [0.25, 0.3) is 0 Å². The largest absolute Gasteiger partial charge is 0.374 e. The highest BCUT2D eigenvalue weighted by molar-refractivity contribution is 5.31. The van der Waals surface area contributed by atoms with Gasteiger partial charge in [0.15, 0.2) is 0 Å². The predicted octanol–water partition coefficient (Wildman–Crippen LogP) is 3.13. The van der Waals surface area contributed by atoms with Crippen molar-refractivity contribution in [2.75, 3.05) is 6.61 Å². The van der Waals surface area contributed by atoms with E-state index in [2.05, 4.69) is 39.0 Å². The highest BCUT2D eigenvalue weighted by atomic mass is 16.5. The van der Waals surface area contributed by atoms with E-state index in [-0.39, 0.29) is 11.6 Å². The van der Waals surface area contributed by atoms with Crippen molar-refractivity contribution in [3.63, 3.8) is 0 Å². The average molecular weight is 247 g/mol. The van der Waals surface area contributed by atoms with Crippen LogP contribution in [0.1, 0.15) is 42.9 Å². The fourth-order valence-corrected chi connectivity index (χ4v) is 2.72. The summed E-state index contributed by atoms with van der Waals surface area (Å²) in [5, 5.41) is 0. The minimum absolute atomic E-state index is 0.0818. The van der Waals surface area contributed by atoms with Gasteiger partial charge in [-0.15, -0.1) is 0 Å². The van der Waals surface area contributed by atoms with Gasteiger partial charge in [0.2, 0.25) is 0 Å². The quantitative estimate of drug-likeness (QED) is 0.890. The fourth-order valence-electron chi connectivity index (χ4n) is 2.72. The third kappa shape index (κ3) is 2.93. The Balaban J connectivity index is 2.10. The van der Waals surface area contributed by atoms with Crippen LogP contribution in [-0.2, 0) is 11.2 Å². The number of rotatable bonds is 3. The summed E-state index contributed by atoms with van der Waals surface area (Å²) in [6, 6.07) is 6.67. The van der Waals surface area contributed by atoms with Crippen molar-refractivity contribution in [2.45, 2.75) is 58.1 Å². The van der Waals surface area contributed by atoms with Crippen LogP contribution in [0.25, 0.3) is 0 Å². The Bertz CT molecular complexity index is 408. The maximum Gasteiger partial charge on any atom is 0.0807 e. The Kier molecular flexibility index (Phi) is 4.08. The van der Waals surface area contributed by atoms with Crippen LogP contribution < -0.4 is 5.73 Å². The lowest BCUT2D eigenvalue weighted by molar-refractivity contribution is -0.0808. The Morgan fingerprint density at radius 1 is 1.33 bits per heavy atom. The Labute approximate surface area is 111 Å². The van der Waals surface area contributed by atoms with Crippen molar-refractivity contribution in [3.05, 3.63) is 34.9 Å². The SMILES string of the molecule is Cc1ccc(C)c(CC(N)C2(C)CCCCO2)c1. The molecule has 1 heterocycles. The third-order valence-electron chi connectivity index (χ3n) is 4.23. The second kappa shape index (κ2) is 5.41. The summed E-state index contributed by atoms with van der Waals surface area (Å²) in [5.41, 5.74) is 10.3. The summed E-state index contributed by atoms with van der Waals surface area (Å²) in [4.78, 5) is 0. The molecule has 2 unspecified atom stereocenters. The van der Waals surface area contributed by atoms with E-state index in [1.807, 2.05) is 0 Å². The van der Waals surface area contributed by atoms with Crippen LogP contribution >= 0.6 is 0 Å². The standard InChI is InChI=1S/C16H25NO/c1-12-6-7-13(2)14(10-12)11-15(17)16(3)8-4-5-9-18-16/h6-7,10,15H,4-5,8-9,11,17H2,1-3H3. The maximum atomic E-state index is 6.41. The van der Waals surface area contributed by atoms with Gasteiger partial charge in [-0.3, -0.25) is 0 Å². The second-order valence-corrected chi connectivity index (χ2v) is 5.86. The number of nitrogens with two attached hydrogens (primary N) is 1. The molecule has 2 atom stereocenters. The van der Waals surface area contributed by atoms with E-state index in [9.17, 15) is 0 Å². The van der Waals surface area contributed by atoms with Gasteiger partial charge in [0.1, 0.15) is 0 Å². The molecule has 1 aromatic rings. The highest BCUT2D eigenvalue weighted by Gasteiger charge is 2.34. The van der Waals surface area contributed by atoms with Crippen molar-refractivity contribution >= 4 is 0 Å². The zero-order valence-corrected chi connectivity index (χ0v) is 11.8. The van der Waals surface area contributed by atoms with Crippen molar-refractivity contribution < 1.29 is 4.74 Å². The average Bonchev–Trinajstić information content (AvgIpc) is 2.35. The molecular formula is C16H25NO. The number of benzene rings is 1. The number of hydrogen-bond donors (Lipinski definition) is 1. The summed E-state index contributed by atoms with van der Waals surface area (Å²) >= 11 is 0. The zero-order valence-electron chi connectivity index (χ0n) is 11.8. The van der Waals surface area contributed by atoms with Gasteiger partial charge < -0.3 is 10.5 Å². The fraction of sp³-hybridized carbons (Fsp3) is 0.625. The molecule has 0 aliphatic carbocycles. The van der Waals surface area contributed by atoms with Crippen LogP contribution in [-0.4, -0.2) is 18.2 Å². The minimum atomic E-state index is -0.144.